The van der Waals surface area contributed by atoms with E-state index < -0.39 is 0 Å². The van der Waals surface area contributed by atoms with Gasteiger partial charge in [-0.05, 0) is 66.4 Å². The van der Waals surface area contributed by atoms with Gasteiger partial charge < -0.3 is 9.13 Å². The average Bonchev–Trinajstić information content (AvgIpc) is 3.75. The molecular weight excluding hydrogens is 635 g/mol. The van der Waals surface area contributed by atoms with Crippen molar-refractivity contribution in [2.45, 2.75) is 12.8 Å². The predicted molar refractivity (Wildman–Crippen MR) is 212 cm³/mol. The van der Waals surface area contributed by atoms with Crippen LogP contribution < -0.4 is 0 Å². The van der Waals surface area contributed by atoms with Crippen LogP contribution in [0, 0.1) is 0 Å². The molecule has 0 N–H and O–H groups in total. The lowest BCUT2D eigenvalue weighted by atomic mass is 9.90. The second kappa shape index (κ2) is 11.3. The number of benzene rings is 7. The van der Waals surface area contributed by atoms with Gasteiger partial charge in [0.2, 0.25) is 0 Å². The quantitative estimate of drug-likeness (QED) is 0.184. The van der Waals surface area contributed by atoms with Gasteiger partial charge in [0.05, 0.1) is 22.1 Å². The summed E-state index contributed by atoms with van der Waals surface area (Å²) in [4.78, 5) is 15.1. The van der Waals surface area contributed by atoms with Crippen LogP contribution in [0.2, 0.25) is 0 Å². The van der Waals surface area contributed by atoms with E-state index in [9.17, 15) is 0 Å². The third-order valence-electron chi connectivity index (χ3n) is 10.6. The van der Waals surface area contributed by atoms with Gasteiger partial charge in [0.25, 0.3) is 0 Å². The first-order valence-corrected chi connectivity index (χ1v) is 17.8. The number of rotatable bonds is 5. The third kappa shape index (κ3) is 4.32. The maximum atomic E-state index is 5.08. The molecule has 1 aliphatic rings. The van der Waals surface area contributed by atoms with E-state index in [1.807, 2.05) is 36.4 Å². The number of nitrogens with zero attached hydrogens (tertiary/aromatic N) is 5. The molecule has 0 bridgehead atoms. The van der Waals surface area contributed by atoms with Crippen molar-refractivity contribution in [3.8, 4) is 45.5 Å². The Kier molecular flexibility index (Phi) is 6.31. The van der Waals surface area contributed by atoms with Crippen molar-refractivity contribution < 1.29 is 0 Å². The average molecular weight is 666 g/mol. The van der Waals surface area contributed by atoms with Crippen molar-refractivity contribution in [2.75, 3.05) is 0 Å². The molecule has 244 valence electrons. The second-order valence-corrected chi connectivity index (χ2v) is 13.6. The molecule has 0 atom stereocenters. The lowest BCUT2D eigenvalue weighted by Gasteiger charge is -2.15. The Morgan fingerprint density at radius 2 is 0.904 bits per heavy atom. The van der Waals surface area contributed by atoms with Crippen LogP contribution in [0.1, 0.15) is 11.1 Å². The molecule has 5 heteroatoms. The Morgan fingerprint density at radius 1 is 0.365 bits per heavy atom. The minimum absolute atomic E-state index is 0.643. The number of aromatic nitrogens is 5. The maximum Gasteiger partial charge on any atom is 0.164 e. The smallest absolute Gasteiger partial charge is 0.164 e. The molecule has 5 nitrogen and oxygen atoms in total. The van der Waals surface area contributed by atoms with E-state index in [4.69, 9.17) is 15.0 Å². The number of fused-ring (bicyclic) bond motifs is 4. The Labute approximate surface area is 300 Å². The van der Waals surface area contributed by atoms with E-state index in [1.54, 1.807) is 0 Å². The van der Waals surface area contributed by atoms with Crippen molar-refractivity contribution in [1.82, 2.24) is 24.1 Å². The molecule has 3 aromatic heterocycles. The summed E-state index contributed by atoms with van der Waals surface area (Å²) in [6.07, 6.45) is 2.05. The molecule has 0 fully saturated rings. The van der Waals surface area contributed by atoms with Gasteiger partial charge in [-0.1, -0.05) is 121 Å². The van der Waals surface area contributed by atoms with Crippen molar-refractivity contribution in [2.24, 2.45) is 0 Å². The molecule has 7 aromatic carbocycles. The van der Waals surface area contributed by atoms with Crippen LogP contribution >= 0.6 is 0 Å². The zero-order valence-electron chi connectivity index (χ0n) is 28.2. The molecule has 1 aliphatic carbocycles. The minimum atomic E-state index is 0.643. The molecule has 0 unspecified atom stereocenters. The van der Waals surface area contributed by atoms with E-state index >= 15 is 0 Å². The van der Waals surface area contributed by atoms with Crippen molar-refractivity contribution in [3.05, 3.63) is 175 Å². The van der Waals surface area contributed by atoms with Gasteiger partial charge in [-0.2, -0.15) is 0 Å². The summed E-state index contributed by atoms with van der Waals surface area (Å²) in [5, 5.41) is 5.26. The summed E-state index contributed by atoms with van der Waals surface area (Å²) in [7, 11) is 0. The van der Waals surface area contributed by atoms with Crippen LogP contribution in [0.25, 0.3) is 89.2 Å². The number of hydrogen-bond acceptors (Lipinski definition) is 3. The molecule has 0 aliphatic heterocycles. The predicted octanol–water partition coefficient (Wildman–Crippen LogP) is 11.2. The van der Waals surface area contributed by atoms with E-state index in [0.717, 1.165) is 40.9 Å². The Hall–Kier alpha value is -6.85. The SMILES string of the molecule is c1ccc(-c2nc(-c3ccccc3)nc(-c3cccc(-n4c5cccc6c5c5c(cc7c8ccccc8n(-c8ccccc8)c7c54)CC6)c3)n2)cc1. The molecule has 0 spiro atoms. The van der Waals surface area contributed by atoms with E-state index in [-0.39, 0.29) is 0 Å². The third-order valence-corrected chi connectivity index (χ3v) is 10.6. The highest BCUT2D eigenvalue weighted by atomic mass is 15.1. The molecule has 10 aromatic rings. The first kappa shape index (κ1) is 28.9. The van der Waals surface area contributed by atoms with Crippen LogP contribution in [-0.4, -0.2) is 24.1 Å². The normalized spacial score (nSPS) is 12.5. The maximum absolute atomic E-state index is 5.08. The van der Waals surface area contributed by atoms with Crippen molar-refractivity contribution in [1.29, 1.82) is 0 Å². The molecule has 0 radical (unpaired) electrons. The lowest BCUT2D eigenvalue weighted by Crippen LogP contribution is -2.02. The summed E-state index contributed by atoms with van der Waals surface area (Å²) in [5.41, 5.74) is 12.8. The Bertz CT molecular complexity index is 2940. The minimum Gasteiger partial charge on any atom is -0.307 e. The second-order valence-electron chi connectivity index (χ2n) is 13.6. The van der Waals surface area contributed by atoms with Gasteiger partial charge >= 0.3 is 0 Å². The highest BCUT2D eigenvalue weighted by Gasteiger charge is 2.27. The van der Waals surface area contributed by atoms with Crippen LogP contribution in [0.3, 0.4) is 0 Å². The van der Waals surface area contributed by atoms with Crippen molar-refractivity contribution >= 4 is 43.6 Å². The monoisotopic (exact) mass is 665 g/mol. The van der Waals surface area contributed by atoms with Crippen LogP contribution in [0.4, 0.5) is 0 Å². The topological polar surface area (TPSA) is 48.5 Å². The fraction of sp³-hybridized carbons (Fsp3) is 0.0426. The Balaban J connectivity index is 1.23. The van der Waals surface area contributed by atoms with Gasteiger partial charge in [-0.25, -0.2) is 15.0 Å². The van der Waals surface area contributed by atoms with Crippen LogP contribution in [0.5, 0.6) is 0 Å². The van der Waals surface area contributed by atoms with Crippen LogP contribution in [0.15, 0.2) is 164 Å². The molecule has 0 saturated heterocycles. The van der Waals surface area contributed by atoms with Crippen LogP contribution in [-0.2, 0) is 12.8 Å². The van der Waals surface area contributed by atoms with E-state index in [2.05, 4.69) is 137 Å². The van der Waals surface area contributed by atoms with E-state index in [0.29, 0.717) is 17.5 Å². The Morgan fingerprint density at radius 3 is 1.63 bits per heavy atom. The molecule has 0 amide bonds. The largest absolute Gasteiger partial charge is 0.307 e. The molecule has 11 rings (SSSR count). The van der Waals surface area contributed by atoms with E-state index in [1.165, 1.54) is 54.7 Å². The molecule has 3 heterocycles. The fourth-order valence-electron chi connectivity index (χ4n) is 8.35. The zero-order chi connectivity index (χ0) is 34.2. The molecular formula is C47H31N5. The standard InChI is InChI=1S/C47H31N5/c1-4-14-31(15-5-1)45-48-46(32-16-6-2-7-17-32)50-47(49-45)34-19-12-22-36(28-34)52-40-25-13-18-30-26-27-33-29-38-37-23-10-11-24-39(37)51(35-20-8-3-9-21-35)43(38)44(52)42(33)41(30)40/h1-25,28-29H,26-27H2. The van der Waals surface area contributed by atoms with Gasteiger partial charge in [-0.3, -0.25) is 0 Å². The molecule has 52 heavy (non-hydrogen) atoms. The first-order chi connectivity index (χ1) is 25.8. The summed E-state index contributed by atoms with van der Waals surface area (Å²) >= 11 is 0. The number of para-hydroxylation sites is 2. The van der Waals surface area contributed by atoms with Gasteiger partial charge in [0, 0.05) is 49.6 Å². The summed E-state index contributed by atoms with van der Waals surface area (Å²) in [6.45, 7) is 0. The fourth-order valence-corrected chi connectivity index (χ4v) is 8.35. The van der Waals surface area contributed by atoms with Gasteiger partial charge in [0.15, 0.2) is 17.5 Å². The first-order valence-electron chi connectivity index (χ1n) is 17.8. The summed E-state index contributed by atoms with van der Waals surface area (Å²) in [5.74, 6) is 1.95. The van der Waals surface area contributed by atoms with Crippen molar-refractivity contribution in [3.63, 3.8) is 0 Å². The van der Waals surface area contributed by atoms with Gasteiger partial charge in [-0.15, -0.1) is 0 Å². The summed E-state index contributed by atoms with van der Waals surface area (Å²) in [6, 6.07) is 57.9. The highest BCUT2D eigenvalue weighted by molar-refractivity contribution is 6.26. The highest BCUT2D eigenvalue weighted by Crippen LogP contribution is 2.46. The van der Waals surface area contributed by atoms with Gasteiger partial charge in [0.1, 0.15) is 0 Å². The number of aryl methyl sites for hydroxylation is 2. The summed E-state index contributed by atoms with van der Waals surface area (Å²) < 4.78 is 4.95. The number of hydrogen-bond donors (Lipinski definition) is 0. The lowest BCUT2D eigenvalue weighted by molar-refractivity contribution is 0.971. The molecule has 0 saturated carbocycles. The zero-order valence-corrected chi connectivity index (χ0v) is 28.2.